The van der Waals surface area contributed by atoms with Gasteiger partial charge in [0, 0.05) is 18.6 Å². The van der Waals surface area contributed by atoms with Gasteiger partial charge < -0.3 is 10.6 Å². The fourth-order valence-electron chi connectivity index (χ4n) is 2.08. The molecule has 1 amide bonds. The summed E-state index contributed by atoms with van der Waals surface area (Å²) < 4.78 is 0. The molecule has 3 unspecified atom stereocenters. The van der Waals surface area contributed by atoms with E-state index >= 15 is 0 Å². The van der Waals surface area contributed by atoms with E-state index in [4.69, 9.17) is 0 Å². The zero-order valence-corrected chi connectivity index (χ0v) is 11.6. The van der Waals surface area contributed by atoms with Gasteiger partial charge in [0.2, 0.25) is 5.91 Å². The maximum absolute atomic E-state index is 12.0. The first-order chi connectivity index (χ1) is 8.04. The molecule has 1 heterocycles. The molecule has 17 heavy (non-hydrogen) atoms. The second-order valence-corrected chi connectivity index (χ2v) is 5.23. The van der Waals surface area contributed by atoms with Crippen molar-refractivity contribution in [3.05, 3.63) is 0 Å². The fourth-order valence-corrected chi connectivity index (χ4v) is 2.08. The highest BCUT2D eigenvalue weighted by atomic mass is 16.2. The third kappa shape index (κ3) is 4.64. The highest BCUT2D eigenvalue weighted by Gasteiger charge is 2.23. The van der Waals surface area contributed by atoms with Crippen LogP contribution >= 0.6 is 0 Å². The van der Waals surface area contributed by atoms with Crippen molar-refractivity contribution < 1.29 is 4.79 Å². The largest absolute Gasteiger partial charge is 0.352 e. The number of nitrogens with one attached hydrogen (secondary N) is 2. The van der Waals surface area contributed by atoms with Gasteiger partial charge in [0.05, 0.1) is 6.04 Å². The van der Waals surface area contributed by atoms with Gasteiger partial charge in [-0.05, 0) is 46.7 Å². The van der Waals surface area contributed by atoms with Crippen molar-refractivity contribution in [3.8, 4) is 0 Å². The summed E-state index contributed by atoms with van der Waals surface area (Å²) in [6, 6.07) is 0.771. The summed E-state index contributed by atoms with van der Waals surface area (Å²) in [5, 5.41) is 6.49. The molecule has 3 atom stereocenters. The molecule has 1 rings (SSSR count). The first-order valence-corrected chi connectivity index (χ1v) is 6.78. The van der Waals surface area contributed by atoms with Crippen LogP contribution in [-0.2, 0) is 4.79 Å². The Labute approximate surface area is 105 Å². The fraction of sp³-hybridized carbons (Fsp3) is 0.923. The molecule has 1 aliphatic heterocycles. The number of rotatable bonds is 6. The van der Waals surface area contributed by atoms with E-state index in [0.29, 0.717) is 6.04 Å². The SMILES string of the molecule is CCC(C)NC(=O)C(C)N(C)CC1CCCN1. The lowest BCUT2D eigenvalue weighted by molar-refractivity contribution is -0.126. The van der Waals surface area contributed by atoms with Crippen molar-refractivity contribution in [2.45, 2.75) is 58.2 Å². The van der Waals surface area contributed by atoms with Crippen LogP contribution in [0.5, 0.6) is 0 Å². The Hall–Kier alpha value is -0.610. The van der Waals surface area contributed by atoms with Gasteiger partial charge in [-0.1, -0.05) is 6.92 Å². The number of amides is 1. The van der Waals surface area contributed by atoms with E-state index in [9.17, 15) is 4.79 Å². The first kappa shape index (κ1) is 14.5. The van der Waals surface area contributed by atoms with Crippen LogP contribution in [0.15, 0.2) is 0 Å². The van der Waals surface area contributed by atoms with Crippen molar-refractivity contribution in [1.82, 2.24) is 15.5 Å². The molecule has 2 N–H and O–H groups in total. The lowest BCUT2D eigenvalue weighted by Crippen LogP contribution is -2.49. The monoisotopic (exact) mass is 241 g/mol. The van der Waals surface area contributed by atoms with Gasteiger partial charge in [-0.2, -0.15) is 0 Å². The van der Waals surface area contributed by atoms with E-state index in [-0.39, 0.29) is 18.0 Å². The molecule has 0 aromatic heterocycles. The second kappa shape index (κ2) is 6.97. The lowest BCUT2D eigenvalue weighted by atomic mass is 10.1. The van der Waals surface area contributed by atoms with Crippen LogP contribution in [0.4, 0.5) is 0 Å². The number of nitrogens with zero attached hydrogens (tertiary/aromatic N) is 1. The number of likely N-dealkylation sites (N-methyl/N-ethyl adjacent to an activating group) is 1. The van der Waals surface area contributed by atoms with Crippen molar-refractivity contribution in [2.24, 2.45) is 0 Å². The average molecular weight is 241 g/mol. The third-order valence-electron chi connectivity index (χ3n) is 3.71. The third-order valence-corrected chi connectivity index (χ3v) is 3.71. The summed E-state index contributed by atoms with van der Waals surface area (Å²) in [6.45, 7) is 8.18. The van der Waals surface area contributed by atoms with Crippen LogP contribution in [0.3, 0.4) is 0 Å². The highest BCUT2D eigenvalue weighted by Crippen LogP contribution is 2.08. The van der Waals surface area contributed by atoms with Gasteiger partial charge in [-0.15, -0.1) is 0 Å². The van der Waals surface area contributed by atoms with E-state index in [2.05, 4.69) is 22.5 Å². The minimum absolute atomic E-state index is 0.0496. The van der Waals surface area contributed by atoms with Crippen LogP contribution < -0.4 is 10.6 Å². The predicted molar refractivity (Wildman–Crippen MR) is 71.0 cm³/mol. The summed E-state index contributed by atoms with van der Waals surface area (Å²) in [6.07, 6.45) is 3.46. The molecule has 0 aromatic carbocycles. The molecule has 1 aliphatic rings. The summed E-state index contributed by atoms with van der Waals surface area (Å²) >= 11 is 0. The molecule has 0 saturated carbocycles. The Morgan fingerprint density at radius 1 is 1.53 bits per heavy atom. The molecule has 1 saturated heterocycles. The minimum atomic E-state index is -0.0496. The molecule has 4 nitrogen and oxygen atoms in total. The van der Waals surface area contributed by atoms with Crippen LogP contribution in [0.1, 0.15) is 40.0 Å². The Bertz CT molecular complexity index is 239. The summed E-state index contributed by atoms with van der Waals surface area (Å²) in [5.41, 5.74) is 0. The van der Waals surface area contributed by atoms with E-state index in [1.807, 2.05) is 20.9 Å². The summed E-state index contributed by atoms with van der Waals surface area (Å²) in [7, 11) is 2.03. The van der Waals surface area contributed by atoms with Gasteiger partial charge in [-0.3, -0.25) is 9.69 Å². The molecule has 0 aliphatic carbocycles. The maximum Gasteiger partial charge on any atom is 0.237 e. The van der Waals surface area contributed by atoms with E-state index in [0.717, 1.165) is 19.5 Å². The van der Waals surface area contributed by atoms with Crippen molar-refractivity contribution in [2.75, 3.05) is 20.1 Å². The molecule has 0 bridgehead atoms. The summed E-state index contributed by atoms with van der Waals surface area (Å²) in [5.74, 6) is 0.139. The number of hydrogen-bond donors (Lipinski definition) is 2. The highest BCUT2D eigenvalue weighted by molar-refractivity contribution is 5.81. The van der Waals surface area contributed by atoms with Crippen LogP contribution in [0.2, 0.25) is 0 Å². The molecule has 4 heteroatoms. The van der Waals surface area contributed by atoms with Crippen molar-refractivity contribution >= 4 is 5.91 Å². The molecule has 1 fully saturated rings. The van der Waals surface area contributed by atoms with Crippen LogP contribution in [0, 0.1) is 0 Å². The van der Waals surface area contributed by atoms with E-state index in [1.165, 1.54) is 12.8 Å². The zero-order chi connectivity index (χ0) is 12.8. The Balaban J connectivity index is 2.33. The number of hydrogen-bond acceptors (Lipinski definition) is 3. The first-order valence-electron chi connectivity index (χ1n) is 6.78. The van der Waals surface area contributed by atoms with E-state index < -0.39 is 0 Å². The van der Waals surface area contributed by atoms with Gasteiger partial charge >= 0.3 is 0 Å². The lowest BCUT2D eigenvalue weighted by Gasteiger charge is -2.27. The topological polar surface area (TPSA) is 44.4 Å². The smallest absolute Gasteiger partial charge is 0.237 e. The maximum atomic E-state index is 12.0. The molecule has 0 aromatic rings. The van der Waals surface area contributed by atoms with Crippen molar-refractivity contribution in [1.29, 1.82) is 0 Å². The van der Waals surface area contributed by atoms with Gasteiger partial charge in [0.25, 0.3) is 0 Å². The van der Waals surface area contributed by atoms with Gasteiger partial charge in [0.1, 0.15) is 0 Å². The molecular formula is C13H27N3O. The van der Waals surface area contributed by atoms with Gasteiger partial charge in [-0.25, -0.2) is 0 Å². The Morgan fingerprint density at radius 3 is 2.76 bits per heavy atom. The molecule has 0 spiro atoms. The number of carbonyl (C=O) groups is 1. The van der Waals surface area contributed by atoms with Crippen LogP contribution in [-0.4, -0.2) is 49.1 Å². The summed E-state index contributed by atoms with van der Waals surface area (Å²) in [4.78, 5) is 14.1. The van der Waals surface area contributed by atoms with Crippen molar-refractivity contribution in [3.63, 3.8) is 0 Å². The Kier molecular flexibility index (Phi) is 5.92. The second-order valence-electron chi connectivity index (χ2n) is 5.23. The standard InChI is InChI=1S/C13H27N3O/c1-5-10(2)15-13(17)11(3)16(4)9-12-7-6-8-14-12/h10-12,14H,5-9H2,1-4H3,(H,15,17). The average Bonchev–Trinajstić information content (AvgIpc) is 2.80. The Morgan fingerprint density at radius 2 is 2.24 bits per heavy atom. The molecular weight excluding hydrogens is 214 g/mol. The molecule has 100 valence electrons. The molecule has 0 radical (unpaired) electrons. The number of carbonyl (C=O) groups excluding carboxylic acids is 1. The predicted octanol–water partition coefficient (Wildman–Crippen LogP) is 0.973. The van der Waals surface area contributed by atoms with Crippen LogP contribution in [0.25, 0.3) is 0 Å². The normalized spacial score (nSPS) is 23.7. The zero-order valence-electron chi connectivity index (χ0n) is 11.6. The van der Waals surface area contributed by atoms with E-state index in [1.54, 1.807) is 0 Å². The quantitative estimate of drug-likeness (QED) is 0.728. The minimum Gasteiger partial charge on any atom is -0.352 e. The van der Waals surface area contributed by atoms with Gasteiger partial charge in [0.15, 0.2) is 0 Å².